The first-order chi connectivity index (χ1) is 8.24. The van der Waals surface area contributed by atoms with Gasteiger partial charge in [-0.15, -0.1) is 11.3 Å². The molecule has 2 unspecified atom stereocenters. The van der Waals surface area contributed by atoms with Crippen LogP contribution in [0, 0.1) is 6.92 Å². The Morgan fingerprint density at radius 2 is 2.35 bits per heavy atom. The topological polar surface area (TPSA) is 48.1 Å². The number of aryl methyl sites for hydroxylation is 1. The summed E-state index contributed by atoms with van der Waals surface area (Å²) in [5.41, 5.74) is 11.3. The summed E-state index contributed by atoms with van der Waals surface area (Å²) in [5.74, 6) is 0.896. The van der Waals surface area contributed by atoms with Gasteiger partial charge >= 0.3 is 0 Å². The first-order valence-corrected chi connectivity index (χ1v) is 6.59. The highest BCUT2D eigenvalue weighted by atomic mass is 32.1. The van der Waals surface area contributed by atoms with Crippen molar-refractivity contribution in [2.24, 2.45) is 5.73 Å². The molecule has 0 spiro atoms. The van der Waals surface area contributed by atoms with Crippen LogP contribution in [0.2, 0.25) is 0 Å². The highest BCUT2D eigenvalue weighted by Crippen LogP contribution is 2.39. The maximum atomic E-state index is 6.21. The van der Waals surface area contributed by atoms with E-state index >= 15 is 0 Å². The van der Waals surface area contributed by atoms with E-state index < -0.39 is 0 Å². The number of rotatable bonds is 1. The lowest BCUT2D eigenvalue weighted by molar-refractivity contribution is 0.158. The molecule has 0 saturated carbocycles. The SMILES string of the molecule is Cc1ccc2c(c1)C(N)CC(c1cscn1)O2. The molecule has 0 fully saturated rings. The van der Waals surface area contributed by atoms with Crippen molar-refractivity contribution < 1.29 is 4.74 Å². The van der Waals surface area contributed by atoms with Crippen LogP contribution < -0.4 is 10.5 Å². The molecule has 0 saturated heterocycles. The molecule has 1 aromatic carbocycles. The summed E-state index contributed by atoms with van der Waals surface area (Å²) in [4.78, 5) is 4.30. The summed E-state index contributed by atoms with van der Waals surface area (Å²) in [5, 5.41) is 2.02. The molecule has 88 valence electrons. The average Bonchev–Trinajstić information content (AvgIpc) is 2.83. The summed E-state index contributed by atoms with van der Waals surface area (Å²) < 4.78 is 5.97. The summed E-state index contributed by atoms with van der Waals surface area (Å²) in [6, 6.07) is 6.19. The van der Waals surface area contributed by atoms with Crippen molar-refractivity contribution in [2.75, 3.05) is 0 Å². The molecule has 4 heteroatoms. The lowest BCUT2D eigenvalue weighted by atomic mass is 9.95. The number of nitrogens with zero attached hydrogens (tertiary/aromatic N) is 1. The van der Waals surface area contributed by atoms with Gasteiger partial charge in [-0.05, 0) is 13.0 Å². The van der Waals surface area contributed by atoms with Crippen molar-refractivity contribution in [2.45, 2.75) is 25.5 Å². The predicted molar refractivity (Wildman–Crippen MR) is 68.2 cm³/mol. The number of aromatic nitrogens is 1. The van der Waals surface area contributed by atoms with E-state index in [2.05, 4.69) is 24.0 Å². The Labute approximate surface area is 104 Å². The molecule has 2 heterocycles. The average molecular weight is 246 g/mol. The van der Waals surface area contributed by atoms with E-state index in [1.165, 1.54) is 5.56 Å². The number of ether oxygens (including phenoxy) is 1. The Bertz CT molecular complexity index is 524. The second kappa shape index (κ2) is 4.13. The van der Waals surface area contributed by atoms with Crippen molar-refractivity contribution in [3.8, 4) is 5.75 Å². The fourth-order valence-electron chi connectivity index (χ4n) is 2.19. The summed E-state index contributed by atoms with van der Waals surface area (Å²) in [6.45, 7) is 2.07. The van der Waals surface area contributed by atoms with Gasteiger partial charge in [0.1, 0.15) is 11.9 Å². The highest BCUT2D eigenvalue weighted by Gasteiger charge is 2.28. The highest BCUT2D eigenvalue weighted by molar-refractivity contribution is 7.07. The molecule has 3 rings (SSSR count). The fraction of sp³-hybridized carbons (Fsp3) is 0.308. The van der Waals surface area contributed by atoms with Gasteiger partial charge in [-0.3, -0.25) is 0 Å². The molecule has 1 aliphatic rings. The molecule has 2 N–H and O–H groups in total. The molecule has 17 heavy (non-hydrogen) atoms. The Kier molecular flexibility index (Phi) is 2.61. The molecule has 0 aliphatic carbocycles. The first kappa shape index (κ1) is 10.7. The second-order valence-corrected chi connectivity index (χ2v) is 5.12. The maximum absolute atomic E-state index is 6.21. The van der Waals surface area contributed by atoms with Crippen LogP contribution in [0.3, 0.4) is 0 Å². The fourth-order valence-corrected chi connectivity index (χ4v) is 2.78. The van der Waals surface area contributed by atoms with E-state index in [0.717, 1.165) is 23.4 Å². The van der Waals surface area contributed by atoms with Gasteiger partial charge in [0.2, 0.25) is 0 Å². The van der Waals surface area contributed by atoms with Gasteiger partial charge in [0.05, 0.1) is 11.2 Å². The number of fused-ring (bicyclic) bond motifs is 1. The second-order valence-electron chi connectivity index (χ2n) is 4.40. The lowest BCUT2D eigenvalue weighted by Crippen LogP contribution is -2.24. The van der Waals surface area contributed by atoms with E-state index in [1.807, 2.05) is 17.0 Å². The van der Waals surface area contributed by atoms with E-state index in [0.29, 0.717) is 0 Å². The zero-order chi connectivity index (χ0) is 11.8. The Hall–Kier alpha value is -1.39. The van der Waals surface area contributed by atoms with Crippen LogP contribution >= 0.6 is 11.3 Å². The third kappa shape index (κ3) is 1.94. The van der Waals surface area contributed by atoms with Gasteiger partial charge in [0.15, 0.2) is 0 Å². The van der Waals surface area contributed by atoms with Crippen LogP contribution in [0.1, 0.15) is 35.4 Å². The molecule has 0 bridgehead atoms. The van der Waals surface area contributed by atoms with E-state index in [1.54, 1.807) is 11.3 Å². The molecule has 0 radical (unpaired) electrons. The van der Waals surface area contributed by atoms with E-state index in [9.17, 15) is 0 Å². The monoisotopic (exact) mass is 246 g/mol. The Balaban J connectivity index is 1.96. The van der Waals surface area contributed by atoms with Crippen LogP contribution in [0.5, 0.6) is 5.75 Å². The Morgan fingerprint density at radius 1 is 1.47 bits per heavy atom. The number of hydrogen-bond donors (Lipinski definition) is 1. The van der Waals surface area contributed by atoms with Gasteiger partial charge in [0, 0.05) is 23.4 Å². The van der Waals surface area contributed by atoms with Crippen LogP contribution in [-0.2, 0) is 0 Å². The van der Waals surface area contributed by atoms with Crippen LogP contribution in [0.15, 0.2) is 29.1 Å². The van der Waals surface area contributed by atoms with Crippen molar-refractivity contribution in [1.82, 2.24) is 4.98 Å². The minimum Gasteiger partial charge on any atom is -0.484 e. The molecular weight excluding hydrogens is 232 g/mol. The summed E-state index contributed by atoms with van der Waals surface area (Å²) in [6.07, 6.45) is 0.784. The zero-order valence-corrected chi connectivity index (χ0v) is 10.4. The Morgan fingerprint density at radius 3 is 3.12 bits per heavy atom. The van der Waals surface area contributed by atoms with Gasteiger partial charge in [0.25, 0.3) is 0 Å². The number of nitrogens with two attached hydrogens (primary N) is 1. The van der Waals surface area contributed by atoms with Gasteiger partial charge < -0.3 is 10.5 Å². The van der Waals surface area contributed by atoms with Crippen molar-refractivity contribution >= 4 is 11.3 Å². The molecule has 3 nitrogen and oxygen atoms in total. The summed E-state index contributed by atoms with van der Waals surface area (Å²) >= 11 is 1.59. The van der Waals surface area contributed by atoms with Gasteiger partial charge in [-0.1, -0.05) is 17.7 Å². The van der Waals surface area contributed by atoms with Crippen LogP contribution in [-0.4, -0.2) is 4.98 Å². The van der Waals surface area contributed by atoms with Gasteiger partial charge in [-0.25, -0.2) is 4.98 Å². The number of thiazole rings is 1. The molecular formula is C13H14N2OS. The third-order valence-electron chi connectivity index (χ3n) is 3.08. The van der Waals surface area contributed by atoms with Crippen LogP contribution in [0.4, 0.5) is 0 Å². The van der Waals surface area contributed by atoms with E-state index in [4.69, 9.17) is 10.5 Å². The van der Waals surface area contributed by atoms with E-state index in [-0.39, 0.29) is 12.1 Å². The third-order valence-corrected chi connectivity index (χ3v) is 3.69. The van der Waals surface area contributed by atoms with Gasteiger partial charge in [-0.2, -0.15) is 0 Å². The lowest BCUT2D eigenvalue weighted by Gasteiger charge is -2.29. The number of benzene rings is 1. The quantitative estimate of drug-likeness (QED) is 0.841. The maximum Gasteiger partial charge on any atom is 0.143 e. The van der Waals surface area contributed by atoms with Crippen LogP contribution in [0.25, 0.3) is 0 Å². The molecule has 0 amide bonds. The van der Waals surface area contributed by atoms with Crippen molar-refractivity contribution in [3.63, 3.8) is 0 Å². The van der Waals surface area contributed by atoms with Crippen molar-refractivity contribution in [3.05, 3.63) is 45.9 Å². The molecule has 1 aliphatic heterocycles. The summed E-state index contributed by atoms with van der Waals surface area (Å²) in [7, 11) is 0. The van der Waals surface area contributed by atoms with Crippen molar-refractivity contribution in [1.29, 1.82) is 0 Å². The zero-order valence-electron chi connectivity index (χ0n) is 9.59. The normalized spacial score (nSPS) is 22.9. The molecule has 1 aromatic heterocycles. The largest absolute Gasteiger partial charge is 0.484 e. The molecule has 2 atom stereocenters. The number of hydrogen-bond acceptors (Lipinski definition) is 4. The predicted octanol–water partition coefficient (Wildman–Crippen LogP) is 2.98. The minimum atomic E-state index is -0.00791. The standard InChI is InChI=1S/C13H14N2OS/c1-8-2-3-12-9(4-8)10(14)5-13(16-12)11-6-17-7-15-11/h2-4,6-7,10,13H,5,14H2,1H3. The minimum absolute atomic E-state index is 0.00791. The smallest absolute Gasteiger partial charge is 0.143 e. The molecule has 2 aromatic rings. The first-order valence-electron chi connectivity index (χ1n) is 5.65.